The minimum Gasteiger partial charge on any atom is -0.494 e. The van der Waals surface area contributed by atoms with Crippen molar-refractivity contribution < 1.29 is 19.0 Å². The van der Waals surface area contributed by atoms with E-state index in [9.17, 15) is 4.79 Å². The summed E-state index contributed by atoms with van der Waals surface area (Å²) in [6.07, 6.45) is 3.68. The predicted molar refractivity (Wildman–Crippen MR) is 106 cm³/mol. The van der Waals surface area contributed by atoms with E-state index >= 15 is 0 Å². The van der Waals surface area contributed by atoms with Gasteiger partial charge in [0.2, 0.25) is 0 Å². The molecule has 0 aliphatic carbocycles. The van der Waals surface area contributed by atoms with Crippen molar-refractivity contribution in [3.05, 3.63) is 54.1 Å². The third-order valence-corrected chi connectivity index (χ3v) is 3.55. The molecule has 0 unspecified atom stereocenters. The van der Waals surface area contributed by atoms with Gasteiger partial charge in [0.25, 0.3) is 5.91 Å². The fraction of sp³-hybridized carbons (Fsp3) is 0.333. The van der Waals surface area contributed by atoms with Crippen LogP contribution in [-0.2, 0) is 4.79 Å². The molecular formula is C21H26N2O4. The van der Waals surface area contributed by atoms with Crippen LogP contribution in [0.3, 0.4) is 0 Å². The second-order valence-electron chi connectivity index (χ2n) is 5.76. The second-order valence-corrected chi connectivity index (χ2v) is 5.76. The molecule has 0 radical (unpaired) electrons. The number of unbranched alkanes of at least 4 members (excludes halogenated alkanes) is 1. The quantitative estimate of drug-likeness (QED) is 0.371. The lowest BCUT2D eigenvalue weighted by molar-refractivity contribution is -0.123. The molecule has 6 heteroatoms. The molecule has 0 saturated carbocycles. The summed E-state index contributed by atoms with van der Waals surface area (Å²) in [6.45, 7) is 5.26. The van der Waals surface area contributed by atoms with Crippen LogP contribution in [0.5, 0.6) is 17.2 Å². The smallest absolute Gasteiger partial charge is 0.277 e. The third-order valence-electron chi connectivity index (χ3n) is 3.55. The van der Waals surface area contributed by atoms with Crippen LogP contribution < -0.4 is 19.6 Å². The first-order chi connectivity index (χ1) is 13.2. The Morgan fingerprint density at radius 3 is 2.15 bits per heavy atom. The molecule has 0 aliphatic heterocycles. The highest BCUT2D eigenvalue weighted by molar-refractivity contribution is 5.83. The molecule has 0 bridgehead atoms. The van der Waals surface area contributed by atoms with Gasteiger partial charge in [-0.15, -0.1) is 0 Å². The van der Waals surface area contributed by atoms with Crippen LogP contribution in [0.4, 0.5) is 0 Å². The number of carbonyl (C=O) groups is 1. The van der Waals surface area contributed by atoms with Gasteiger partial charge in [0.1, 0.15) is 17.2 Å². The van der Waals surface area contributed by atoms with Gasteiger partial charge in [-0.05, 0) is 67.4 Å². The van der Waals surface area contributed by atoms with Gasteiger partial charge in [-0.2, -0.15) is 5.10 Å². The second kappa shape index (κ2) is 11.6. The van der Waals surface area contributed by atoms with Crippen molar-refractivity contribution in [2.45, 2.75) is 26.7 Å². The van der Waals surface area contributed by atoms with Crippen LogP contribution in [0.25, 0.3) is 0 Å². The summed E-state index contributed by atoms with van der Waals surface area (Å²) < 4.78 is 16.4. The molecule has 27 heavy (non-hydrogen) atoms. The summed E-state index contributed by atoms with van der Waals surface area (Å²) in [5, 5.41) is 3.92. The minimum atomic E-state index is -0.333. The zero-order valence-corrected chi connectivity index (χ0v) is 15.8. The first kappa shape index (κ1) is 20.3. The Kier molecular flexibility index (Phi) is 8.69. The van der Waals surface area contributed by atoms with Crippen LogP contribution in [0.1, 0.15) is 32.3 Å². The van der Waals surface area contributed by atoms with Crippen molar-refractivity contribution >= 4 is 12.1 Å². The lowest BCUT2D eigenvalue weighted by atomic mass is 10.2. The molecule has 0 aromatic heterocycles. The average Bonchev–Trinajstić information content (AvgIpc) is 2.69. The molecule has 0 heterocycles. The number of amides is 1. The summed E-state index contributed by atoms with van der Waals surface area (Å²) >= 11 is 0. The molecule has 2 aromatic carbocycles. The van der Waals surface area contributed by atoms with E-state index in [2.05, 4.69) is 17.5 Å². The molecule has 0 atom stereocenters. The van der Waals surface area contributed by atoms with E-state index in [-0.39, 0.29) is 12.5 Å². The third kappa shape index (κ3) is 7.81. The number of hydrogen-bond acceptors (Lipinski definition) is 5. The Labute approximate surface area is 160 Å². The summed E-state index contributed by atoms with van der Waals surface area (Å²) in [5.74, 6) is 1.86. The van der Waals surface area contributed by atoms with Gasteiger partial charge in [-0.25, -0.2) is 5.43 Å². The number of benzene rings is 2. The van der Waals surface area contributed by atoms with Gasteiger partial charge in [0.05, 0.1) is 19.4 Å². The normalized spacial score (nSPS) is 10.6. The molecule has 2 rings (SSSR count). The van der Waals surface area contributed by atoms with Crippen molar-refractivity contribution in [1.29, 1.82) is 0 Å². The van der Waals surface area contributed by atoms with Crippen molar-refractivity contribution in [3.8, 4) is 17.2 Å². The summed E-state index contributed by atoms with van der Waals surface area (Å²) in [5.41, 5.74) is 3.30. The summed E-state index contributed by atoms with van der Waals surface area (Å²) in [4.78, 5) is 11.8. The molecular weight excluding hydrogens is 344 g/mol. The van der Waals surface area contributed by atoms with Gasteiger partial charge < -0.3 is 14.2 Å². The van der Waals surface area contributed by atoms with Crippen LogP contribution >= 0.6 is 0 Å². The maximum Gasteiger partial charge on any atom is 0.277 e. The summed E-state index contributed by atoms with van der Waals surface area (Å²) in [7, 11) is 0. The fourth-order valence-electron chi connectivity index (χ4n) is 2.14. The summed E-state index contributed by atoms with van der Waals surface area (Å²) in [6, 6.07) is 14.6. The first-order valence-electron chi connectivity index (χ1n) is 9.11. The number of ether oxygens (including phenoxy) is 3. The van der Waals surface area contributed by atoms with E-state index in [1.165, 1.54) is 0 Å². The Morgan fingerprint density at radius 1 is 0.926 bits per heavy atom. The van der Waals surface area contributed by atoms with Crippen molar-refractivity contribution in [2.24, 2.45) is 5.10 Å². The van der Waals surface area contributed by atoms with E-state index in [4.69, 9.17) is 14.2 Å². The predicted octanol–water partition coefficient (Wildman–Crippen LogP) is 3.79. The van der Waals surface area contributed by atoms with Gasteiger partial charge in [-0.1, -0.05) is 13.3 Å². The molecule has 0 aliphatic rings. The number of nitrogens with one attached hydrogen (secondary N) is 1. The van der Waals surface area contributed by atoms with Crippen LogP contribution in [0.2, 0.25) is 0 Å². The molecule has 2 aromatic rings. The maximum atomic E-state index is 11.8. The number of nitrogens with zero attached hydrogens (tertiary/aromatic N) is 1. The fourth-order valence-corrected chi connectivity index (χ4v) is 2.14. The Bertz CT molecular complexity index is 712. The van der Waals surface area contributed by atoms with Gasteiger partial charge >= 0.3 is 0 Å². The zero-order chi connectivity index (χ0) is 19.3. The zero-order valence-electron chi connectivity index (χ0n) is 15.8. The first-order valence-corrected chi connectivity index (χ1v) is 9.11. The Morgan fingerprint density at radius 2 is 1.52 bits per heavy atom. The van der Waals surface area contributed by atoms with Crippen molar-refractivity contribution in [1.82, 2.24) is 5.43 Å². The number of hydrogen-bond donors (Lipinski definition) is 1. The number of hydrazone groups is 1. The molecule has 6 nitrogen and oxygen atoms in total. The van der Waals surface area contributed by atoms with E-state index in [0.717, 1.165) is 29.9 Å². The van der Waals surface area contributed by atoms with Crippen molar-refractivity contribution in [2.75, 3.05) is 19.8 Å². The lowest BCUT2D eigenvalue weighted by Gasteiger charge is -2.08. The highest BCUT2D eigenvalue weighted by atomic mass is 16.5. The molecule has 1 N–H and O–H groups in total. The largest absolute Gasteiger partial charge is 0.494 e. The van der Waals surface area contributed by atoms with Crippen LogP contribution in [0, 0.1) is 0 Å². The van der Waals surface area contributed by atoms with Crippen molar-refractivity contribution in [3.63, 3.8) is 0 Å². The number of rotatable bonds is 11. The SMILES string of the molecule is CCCCOc1ccc(OCC(=O)N/N=C/c2ccc(OCC)cc2)cc1. The Balaban J connectivity index is 1.70. The molecule has 1 amide bonds. The molecule has 0 saturated heterocycles. The van der Waals surface area contributed by atoms with E-state index in [1.54, 1.807) is 18.3 Å². The van der Waals surface area contributed by atoms with Gasteiger partial charge in [0.15, 0.2) is 6.61 Å². The van der Waals surface area contributed by atoms with E-state index < -0.39 is 0 Å². The van der Waals surface area contributed by atoms with E-state index in [1.807, 2.05) is 43.3 Å². The van der Waals surface area contributed by atoms with Crippen LogP contribution in [-0.4, -0.2) is 31.9 Å². The highest BCUT2D eigenvalue weighted by Crippen LogP contribution is 2.17. The average molecular weight is 370 g/mol. The number of carbonyl (C=O) groups excluding carboxylic acids is 1. The highest BCUT2D eigenvalue weighted by Gasteiger charge is 2.02. The van der Waals surface area contributed by atoms with E-state index in [0.29, 0.717) is 19.0 Å². The standard InChI is InChI=1S/C21H26N2O4/c1-3-5-14-26-19-10-12-20(13-11-19)27-16-21(24)23-22-15-17-6-8-18(9-7-17)25-4-2/h6-13,15H,3-5,14,16H2,1-2H3,(H,23,24)/b22-15+. The van der Waals surface area contributed by atoms with Gasteiger partial charge in [-0.3, -0.25) is 4.79 Å². The molecule has 0 spiro atoms. The van der Waals surface area contributed by atoms with Gasteiger partial charge in [0, 0.05) is 0 Å². The monoisotopic (exact) mass is 370 g/mol. The topological polar surface area (TPSA) is 69.2 Å². The molecule has 0 fully saturated rings. The minimum absolute atomic E-state index is 0.114. The lowest BCUT2D eigenvalue weighted by Crippen LogP contribution is -2.24. The Hall–Kier alpha value is -3.02. The maximum absolute atomic E-state index is 11.8. The van der Waals surface area contributed by atoms with Crippen LogP contribution in [0.15, 0.2) is 53.6 Å². The molecule has 144 valence electrons.